The summed E-state index contributed by atoms with van der Waals surface area (Å²) in [6.07, 6.45) is 0.0854. The number of nitrogens with zero attached hydrogens (tertiary/aromatic N) is 1. The summed E-state index contributed by atoms with van der Waals surface area (Å²) < 4.78 is 0. The zero-order chi connectivity index (χ0) is 15.2. The second-order valence-electron chi connectivity index (χ2n) is 4.19. The van der Waals surface area contributed by atoms with Gasteiger partial charge in [0.1, 0.15) is 0 Å². The van der Waals surface area contributed by atoms with Crippen molar-refractivity contribution >= 4 is 35.3 Å². The maximum absolute atomic E-state index is 11.8. The first kappa shape index (κ1) is 15.5. The highest BCUT2D eigenvalue weighted by Gasteiger charge is 2.15. The summed E-state index contributed by atoms with van der Waals surface area (Å²) in [5, 5.41) is 14.4. The van der Waals surface area contributed by atoms with E-state index in [1.54, 1.807) is 48.5 Å². The second-order valence-corrected chi connectivity index (χ2v) is 4.98. The van der Waals surface area contributed by atoms with Crippen LogP contribution in [-0.4, -0.2) is 17.2 Å². The molecule has 2 aromatic carbocycles. The lowest BCUT2D eigenvalue weighted by Gasteiger charge is -2.08. The Hall–Kier alpha value is -1.88. The highest BCUT2D eigenvalue weighted by Crippen LogP contribution is 2.24. The Morgan fingerprint density at radius 2 is 1.86 bits per heavy atom. The summed E-state index contributed by atoms with van der Waals surface area (Å²) in [4.78, 5) is 11.8. The van der Waals surface area contributed by atoms with E-state index in [2.05, 4.69) is 10.5 Å². The van der Waals surface area contributed by atoms with Gasteiger partial charge in [-0.25, -0.2) is 5.43 Å². The van der Waals surface area contributed by atoms with Crippen LogP contribution >= 0.6 is 23.2 Å². The van der Waals surface area contributed by atoms with Crippen molar-refractivity contribution in [3.63, 3.8) is 0 Å². The first-order valence-electron chi connectivity index (χ1n) is 6.09. The third-order valence-corrected chi connectivity index (χ3v) is 3.56. The predicted molar refractivity (Wildman–Crippen MR) is 83.6 cm³/mol. The lowest BCUT2D eigenvalue weighted by atomic mass is 10.1. The average molecular weight is 323 g/mol. The van der Waals surface area contributed by atoms with Gasteiger partial charge in [-0.3, -0.25) is 4.79 Å². The number of benzene rings is 2. The molecule has 0 bridgehead atoms. The number of carbonyl (C=O) groups excluding carboxylic acids is 1. The zero-order valence-electron chi connectivity index (χ0n) is 10.8. The van der Waals surface area contributed by atoms with Gasteiger partial charge in [-0.05, 0) is 11.6 Å². The summed E-state index contributed by atoms with van der Waals surface area (Å²) >= 11 is 11.8. The van der Waals surface area contributed by atoms with E-state index < -0.39 is 12.0 Å². The van der Waals surface area contributed by atoms with Gasteiger partial charge in [0.25, 0.3) is 5.91 Å². The molecular weight excluding hydrogens is 311 g/mol. The molecule has 0 aliphatic carbocycles. The Balaban J connectivity index is 2.01. The van der Waals surface area contributed by atoms with E-state index >= 15 is 0 Å². The van der Waals surface area contributed by atoms with Crippen molar-refractivity contribution in [3.8, 4) is 0 Å². The molecule has 0 fully saturated rings. The molecule has 21 heavy (non-hydrogen) atoms. The molecule has 0 radical (unpaired) electrons. The summed E-state index contributed by atoms with van der Waals surface area (Å²) in [7, 11) is 0. The second kappa shape index (κ2) is 7.22. The van der Waals surface area contributed by atoms with Gasteiger partial charge in [0, 0.05) is 5.56 Å². The fraction of sp³-hybridized carbons (Fsp3) is 0.0667. The normalized spacial score (nSPS) is 12.3. The molecule has 0 saturated heterocycles. The summed E-state index contributed by atoms with van der Waals surface area (Å²) in [6, 6.07) is 13.7. The highest BCUT2D eigenvalue weighted by atomic mass is 35.5. The molecule has 6 heteroatoms. The van der Waals surface area contributed by atoms with E-state index in [9.17, 15) is 9.90 Å². The van der Waals surface area contributed by atoms with Gasteiger partial charge in [-0.15, -0.1) is 0 Å². The van der Waals surface area contributed by atoms with Gasteiger partial charge in [-0.2, -0.15) is 5.10 Å². The quantitative estimate of drug-likeness (QED) is 0.670. The van der Waals surface area contributed by atoms with Crippen LogP contribution in [0.15, 0.2) is 53.6 Å². The van der Waals surface area contributed by atoms with Crippen molar-refractivity contribution in [1.29, 1.82) is 0 Å². The molecule has 2 rings (SSSR count). The number of aliphatic hydroxyl groups is 1. The number of carbonyl (C=O) groups is 1. The van der Waals surface area contributed by atoms with E-state index in [1.165, 1.54) is 6.21 Å². The molecule has 1 amide bonds. The molecule has 0 saturated carbocycles. The molecular formula is C15H12Cl2N2O2. The molecule has 0 aliphatic heterocycles. The Labute approximate surface area is 132 Å². The van der Waals surface area contributed by atoms with Crippen LogP contribution in [0.1, 0.15) is 17.2 Å². The van der Waals surface area contributed by atoms with Crippen molar-refractivity contribution in [1.82, 2.24) is 5.43 Å². The maximum Gasteiger partial charge on any atom is 0.273 e. The van der Waals surface area contributed by atoms with Gasteiger partial charge in [0.05, 0.1) is 16.3 Å². The van der Waals surface area contributed by atoms with E-state index in [4.69, 9.17) is 23.2 Å². The van der Waals surface area contributed by atoms with E-state index in [0.717, 1.165) is 0 Å². The first-order chi connectivity index (χ1) is 10.1. The highest BCUT2D eigenvalue weighted by molar-refractivity contribution is 6.43. The molecule has 0 heterocycles. The number of nitrogens with one attached hydrogen (secondary N) is 1. The number of rotatable bonds is 4. The monoisotopic (exact) mass is 322 g/mol. The number of hydrazone groups is 1. The lowest BCUT2D eigenvalue weighted by molar-refractivity contribution is -0.129. The molecule has 1 atom stereocenters. The van der Waals surface area contributed by atoms with Crippen LogP contribution in [0.25, 0.3) is 0 Å². The molecule has 0 spiro atoms. The first-order valence-corrected chi connectivity index (χ1v) is 6.85. The molecule has 4 nitrogen and oxygen atoms in total. The number of hydrogen-bond acceptors (Lipinski definition) is 3. The van der Waals surface area contributed by atoms with Crippen molar-refractivity contribution < 1.29 is 9.90 Å². The fourth-order valence-electron chi connectivity index (χ4n) is 1.63. The smallest absolute Gasteiger partial charge is 0.273 e. The van der Waals surface area contributed by atoms with Crippen LogP contribution in [0.3, 0.4) is 0 Å². The molecule has 0 unspecified atom stereocenters. The van der Waals surface area contributed by atoms with Crippen molar-refractivity contribution in [2.75, 3.05) is 0 Å². The van der Waals surface area contributed by atoms with Crippen LogP contribution in [0.2, 0.25) is 10.0 Å². The maximum atomic E-state index is 11.8. The van der Waals surface area contributed by atoms with Crippen LogP contribution in [0.4, 0.5) is 0 Å². The average Bonchev–Trinajstić information content (AvgIpc) is 2.51. The van der Waals surface area contributed by atoms with Crippen LogP contribution in [0, 0.1) is 0 Å². The Kier molecular flexibility index (Phi) is 5.33. The Bertz CT molecular complexity index is 660. The fourth-order valence-corrected chi connectivity index (χ4v) is 1.99. The topological polar surface area (TPSA) is 61.7 Å². The van der Waals surface area contributed by atoms with Crippen LogP contribution in [-0.2, 0) is 4.79 Å². The van der Waals surface area contributed by atoms with E-state index in [-0.39, 0.29) is 0 Å². The van der Waals surface area contributed by atoms with Crippen molar-refractivity contribution in [2.24, 2.45) is 5.10 Å². The minimum Gasteiger partial charge on any atom is -0.378 e. The van der Waals surface area contributed by atoms with Crippen LogP contribution < -0.4 is 5.43 Å². The van der Waals surface area contributed by atoms with Crippen LogP contribution in [0.5, 0.6) is 0 Å². The molecule has 2 N–H and O–H groups in total. The number of amides is 1. The third-order valence-electron chi connectivity index (χ3n) is 2.72. The molecule has 2 aromatic rings. The minimum atomic E-state index is -1.28. The largest absolute Gasteiger partial charge is 0.378 e. The van der Waals surface area contributed by atoms with E-state index in [0.29, 0.717) is 21.2 Å². The number of halogens is 2. The van der Waals surface area contributed by atoms with Gasteiger partial charge in [0.15, 0.2) is 6.10 Å². The van der Waals surface area contributed by atoms with Gasteiger partial charge < -0.3 is 5.11 Å². The van der Waals surface area contributed by atoms with Crippen molar-refractivity contribution in [2.45, 2.75) is 6.10 Å². The summed E-state index contributed by atoms with van der Waals surface area (Å²) in [5.74, 6) is -0.629. The third kappa shape index (κ3) is 4.04. The summed E-state index contributed by atoms with van der Waals surface area (Å²) in [5.41, 5.74) is 3.31. The lowest BCUT2D eigenvalue weighted by Crippen LogP contribution is -2.25. The Morgan fingerprint density at radius 3 is 2.57 bits per heavy atom. The molecule has 0 aromatic heterocycles. The van der Waals surface area contributed by atoms with E-state index in [1.807, 2.05) is 0 Å². The standard InChI is InChI=1S/C15H12Cl2N2O2/c16-12-8-4-7-11(13(12)17)9-18-19-15(21)14(20)10-5-2-1-3-6-10/h1-9,14,20H,(H,19,21)/b18-9-/t14-/m1/s1. The zero-order valence-corrected chi connectivity index (χ0v) is 12.3. The number of hydrogen-bond donors (Lipinski definition) is 2. The number of aliphatic hydroxyl groups excluding tert-OH is 1. The minimum absolute atomic E-state index is 0.348. The SMILES string of the molecule is O=C(N/N=C\c1cccc(Cl)c1Cl)[C@H](O)c1ccccc1. The molecule has 0 aliphatic rings. The summed E-state index contributed by atoms with van der Waals surface area (Å²) in [6.45, 7) is 0. The van der Waals surface area contributed by atoms with Gasteiger partial charge in [-0.1, -0.05) is 65.7 Å². The van der Waals surface area contributed by atoms with Crippen molar-refractivity contribution in [3.05, 3.63) is 69.7 Å². The molecule has 108 valence electrons. The Morgan fingerprint density at radius 1 is 1.14 bits per heavy atom. The van der Waals surface area contributed by atoms with Gasteiger partial charge in [0.2, 0.25) is 0 Å². The predicted octanol–water partition coefficient (Wildman–Crippen LogP) is 3.18. The van der Waals surface area contributed by atoms with Gasteiger partial charge >= 0.3 is 0 Å².